The van der Waals surface area contributed by atoms with Crippen LogP contribution in [0.3, 0.4) is 0 Å². The molecule has 2 nitrogen and oxygen atoms in total. The number of hydrogen-bond donors (Lipinski definition) is 0. The standard InChI is InChI=1S/C11H9F3O2/c1-8(15)16-10-4-2-9(3-5-10)6-7-11(12,13)14/h2-7H,1H3/b7-6+. The van der Waals surface area contributed by atoms with Crippen LogP contribution in [0.15, 0.2) is 30.3 Å². The van der Waals surface area contributed by atoms with Crippen molar-refractivity contribution in [1.82, 2.24) is 0 Å². The lowest BCUT2D eigenvalue weighted by atomic mass is 10.2. The van der Waals surface area contributed by atoms with Gasteiger partial charge in [-0.25, -0.2) is 0 Å². The smallest absolute Gasteiger partial charge is 0.409 e. The van der Waals surface area contributed by atoms with Crippen molar-refractivity contribution in [2.24, 2.45) is 0 Å². The number of hydrogen-bond acceptors (Lipinski definition) is 2. The zero-order valence-corrected chi connectivity index (χ0v) is 8.41. The summed E-state index contributed by atoms with van der Waals surface area (Å²) in [7, 11) is 0. The highest BCUT2D eigenvalue weighted by Crippen LogP contribution is 2.19. The summed E-state index contributed by atoms with van der Waals surface area (Å²) in [6, 6.07) is 5.72. The number of carbonyl (C=O) groups is 1. The summed E-state index contributed by atoms with van der Waals surface area (Å²) in [5.74, 6) is -0.171. The van der Waals surface area contributed by atoms with Gasteiger partial charge in [0.2, 0.25) is 0 Å². The molecule has 0 aromatic heterocycles. The fourth-order valence-electron chi connectivity index (χ4n) is 1.00. The van der Waals surface area contributed by atoms with Crippen LogP contribution in [-0.2, 0) is 4.79 Å². The molecular formula is C11H9F3O2. The summed E-state index contributed by atoms with van der Waals surface area (Å²) < 4.78 is 40.2. The fourth-order valence-corrected chi connectivity index (χ4v) is 1.00. The molecule has 0 atom stereocenters. The van der Waals surface area contributed by atoms with Crippen LogP contribution in [0, 0.1) is 0 Å². The zero-order chi connectivity index (χ0) is 12.2. The maximum Gasteiger partial charge on any atom is 0.409 e. The van der Waals surface area contributed by atoms with E-state index in [4.69, 9.17) is 4.74 Å². The van der Waals surface area contributed by atoms with Crippen LogP contribution in [0.5, 0.6) is 5.75 Å². The van der Waals surface area contributed by atoms with Crippen molar-refractivity contribution in [3.63, 3.8) is 0 Å². The molecule has 0 heterocycles. The van der Waals surface area contributed by atoms with Gasteiger partial charge in [-0.15, -0.1) is 0 Å². The van der Waals surface area contributed by atoms with Crippen molar-refractivity contribution in [3.8, 4) is 5.75 Å². The molecule has 1 aromatic rings. The number of halogens is 3. The van der Waals surface area contributed by atoms with Gasteiger partial charge in [0.05, 0.1) is 0 Å². The molecule has 0 bridgehead atoms. The van der Waals surface area contributed by atoms with Crippen LogP contribution >= 0.6 is 0 Å². The van der Waals surface area contributed by atoms with Crippen LogP contribution in [0.4, 0.5) is 13.2 Å². The van der Waals surface area contributed by atoms with Gasteiger partial charge in [0.1, 0.15) is 5.75 Å². The van der Waals surface area contributed by atoms with Crippen molar-refractivity contribution in [2.75, 3.05) is 0 Å². The first kappa shape index (κ1) is 12.3. The highest BCUT2D eigenvalue weighted by atomic mass is 19.4. The molecule has 5 heteroatoms. The topological polar surface area (TPSA) is 26.3 Å². The van der Waals surface area contributed by atoms with E-state index in [1.807, 2.05) is 0 Å². The maximum atomic E-state index is 11.8. The van der Waals surface area contributed by atoms with Gasteiger partial charge < -0.3 is 4.74 Å². The van der Waals surface area contributed by atoms with E-state index in [0.29, 0.717) is 11.3 Å². The molecule has 0 radical (unpaired) electrons. The lowest BCUT2D eigenvalue weighted by Crippen LogP contribution is -2.01. The number of benzene rings is 1. The third-order valence-electron chi connectivity index (χ3n) is 1.61. The number of allylic oxidation sites excluding steroid dienone is 1. The summed E-state index contributed by atoms with van der Waals surface area (Å²) >= 11 is 0. The summed E-state index contributed by atoms with van der Waals surface area (Å²) in [5, 5.41) is 0. The number of alkyl halides is 3. The Bertz CT molecular complexity index is 391. The first-order valence-electron chi connectivity index (χ1n) is 4.41. The Morgan fingerprint density at radius 2 is 1.81 bits per heavy atom. The van der Waals surface area contributed by atoms with E-state index < -0.39 is 12.1 Å². The summed E-state index contributed by atoms with van der Waals surface area (Å²) in [4.78, 5) is 10.6. The third kappa shape index (κ3) is 4.63. The molecule has 0 aliphatic rings. The Labute approximate surface area is 90.3 Å². The average Bonchev–Trinajstić information content (AvgIpc) is 2.14. The van der Waals surface area contributed by atoms with E-state index in [2.05, 4.69) is 0 Å². The molecule has 0 aliphatic heterocycles. The zero-order valence-electron chi connectivity index (χ0n) is 8.41. The van der Waals surface area contributed by atoms with Gasteiger partial charge in [-0.05, 0) is 17.7 Å². The molecule has 0 spiro atoms. The van der Waals surface area contributed by atoms with E-state index in [1.54, 1.807) is 0 Å². The van der Waals surface area contributed by atoms with E-state index in [0.717, 1.165) is 6.08 Å². The normalized spacial score (nSPS) is 11.8. The molecule has 16 heavy (non-hydrogen) atoms. The van der Waals surface area contributed by atoms with Gasteiger partial charge in [-0.3, -0.25) is 4.79 Å². The summed E-state index contributed by atoms with van der Waals surface area (Å²) in [6.45, 7) is 1.25. The number of carbonyl (C=O) groups excluding carboxylic acids is 1. The second-order valence-corrected chi connectivity index (χ2v) is 3.04. The van der Waals surface area contributed by atoms with E-state index in [9.17, 15) is 18.0 Å². The maximum absolute atomic E-state index is 11.8. The first-order chi connectivity index (χ1) is 7.37. The van der Waals surface area contributed by atoms with Crippen LogP contribution in [-0.4, -0.2) is 12.1 Å². The van der Waals surface area contributed by atoms with Crippen LogP contribution < -0.4 is 4.74 Å². The van der Waals surface area contributed by atoms with Crippen molar-refractivity contribution in [1.29, 1.82) is 0 Å². The largest absolute Gasteiger partial charge is 0.427 e. The van der Waals surface area contributed by atoms with Gasteiger partial charge in [-0.2, -0.15) is 13.2 Å². The SMILES string of the molecule is CC(=O)Oc1ccc(/C=C/C(F)(F)F)cc1. The van der Waals surface area contributed by atoms with E-state index in [-0.39, 0.29) is 6.08 Å². The van der Waals surface area contributed by atoms with Crippen LogP contribution in [0.25, 0.3) is 6.08 Å². The minimum absolute atomic E-state index is 0.147. The lowest BCUT2D eigenvalue weighted by Gasteiger charge is -2.01. The minimum Gasteiger partial charge on any atom is -0.427 e. The van der Waals surface area contributed by atoms with Crippen LogP contribution in [0.1, 0.15) is 12.5 Å². The Morgan fingerprint density at radius 1 is 1.25 bits per heavy atom. The van der Waals surface area contributed by atoms with Crippen molar-refractivity contribution >= 4 is 12.0 Å². The Hall–Kier alpha value is -1.78. The first-order valence-corrected chi connectivity index (χ1v) is 4.41. The quantitative estimate of drug-likeness (QED) is 0.576. The molecule has 86 valence electrons. The molecule has 0 saturated carbocycles. The average molecular weight is 230 g/mol. The number of esters is 1. The molecule has 1 rings (SSSR count). The Morgan fingerprint density at radius 3 is 2.25 bits per heavy atom. The third-order valence-corrected chi connectivity index (χ3v) is 1.61. The molecule has 0 amide bonds. The molecule has 0 aliphatic carbocycles. The molecule has 0 N–H and O–H groups in total. The Kier molecular flexibility index (Phi) is 3.71. The lowest BCUT2D eigenvalue weighted by molar-refractivity contribution is -0.131. The van der Waals surface area contributed by atoms with Gasteiger partial charge in [0.15, 0.2) is 0 Å². The number of ether oxygens (including phenoxy) is 1. The van der Waals surface area contributed by atoms with Crippen molar-refractivity contribution < 1.29 is 22.7 Å². The number of rotatable bonds is 2. The van der Waals surface area contributed by atoms with Crippen LogP contribution in [0.2, 0.25) is 0 Å². The summed E-state index contributed by atoms with van der Waals surface area (Å²) in [6.07, 6.45) is -3.24. The predicted molar refractivity (Wildman–Crippen MR) is 52.8 cm³/mol. The van der Waals surface area contributed by atoms with Gasteiger partial charge in [0.25, 0.3) is 0 Å². The molecular weight excluding hydrogens is 221 g/mol. The van der Waals surface area contributed by atoms with Gasteiger partial charge in [0, 0.05) is 13.0 Å². The minimum atomic E-state index is -4.32. The van der Waals surface area contributed by atoms with Gasteiger partial charge in [-0.1, -0.05) is 18.2 Å². The van der Waals surface area contributed by atoms with Crippen molar-refractivity contribution in [3.05, 3.63) is 35.9 Å². The molecule has 0 fully saturated rings. The monoisotopic (exact) mass is 230 g/mol. The van der Waals surface area contributed by atoms with Gasteiger partial charge >= 0.3 is 12.1 Å². The molecule has 1 aromatic carbocycles. The second-order valence-electron chi connectivity index (χ2n) is 3.04. The van der Waals surface area contributed by atoms with E-state index in [1.165, 1.54) is 31.2 Å². The molecule has 0 saturated heterocycles. The predicted octanol–water partition coefficient (Wildman–Crippen LogP) is 3.19. The summed E-state index contributed by atoms with van der Waals surface area (Å²) in [5.41, 5.74) is 0.383. The second kappa shape index (κ2) is 4.83. The highest BCUT2D eigenvalue weighted by Gasteiger charge is 2.21. The fraction of sp³-hybridized carbons (Fsp3) is 0.182. The van der Waals surface area contributed by atoms with E-state index >= 15 is 0 Å². The molecule has 0 unspecified atom stereocenters. The highest BCUT2D eigenvalue weighted by molar-refractivity contribution is 5.69. The Balaban J connectivity index is 2.72. The van der Waals surface area contributed by atoms with Crippen molar-refractivity contribution in [2.45, 2.75) is 13.1 Å².